The fraction of sp³-hybridized carbons (Fsp3) is 0.471. The van der Waals surface area contributed by atoms with Crippen LogP contribution in [0.1, 0.15) is 16.7 Å². The van der Waals surface area contributed by atoms with Crippen molar-refractivity contribution in [2.24, 2.45) is 5.11 Å². The second-order valence-electron chi connectivity index (χ2n) is 11.5. The van der Waals surface area contributed by atoms with Crippen molar-refractivity contribution in [2.75, 3.05) is 13.7 Å². The predicted molar refractivity (Wildman–Crippen MR) is 167 cm³/mol. The minimum Gasteiger partial charge on any atom is -0.387 e. The highest BCUT2D eigenvalue weighted by molar-refractivity contribution is 5.16. The zero-order valence-electron chi connectivity index (χ0n) is 25.9. The molecular formula is C34H41N3O10. The molecule has 47 heavy (non-hydrogen) atoms. The lowest BCUT2D eigenvalue weighted by atomic mass is 9.84. The van der Waals surface area contributed by atoms with Crippen molar-refractivity contribution >= 4 is 0 Å². The van der Waals surface area contributed by atoms with Crippen LogP contribution in [0.4, 0.5) is 0 Å². The molecule has 13 nitrogen and oxygen atoms in total. The van der Waals surface area contributed by atoms with Crippen molar-refractivity contribution in [2.45, 2.75) is 87.1 Å². The summed E-state index contributed by atoms with van der Waals surface area (Å²) in [4.78, 5) is 3.04. The molecule has 1 aliphatic heterocycles. The Morgan fingerprint density at radius 1 is 0.660 bits per heavy atom. The molecule has 1 saturated heterocycles. The van der Waals surface area contributed by atoms with E-state index >= 15 is 0 Å². The van der Waals surface area contributed by atoms with Gasteiger partial charge in [0.2, 0.25) is 0 Å². The van der Waals surface area contributed by atoms with Crippen LogP contribution in [0.2, 0.25) is 0 Å². The number of aliphatic hydroxyl groups is 4. The van der Waals surface area contributed by atoms with E-state index in [2.05, 4.69) is 10.0 Å². The van der Waals surface area contributed by atoms with Gasteiger partial charge in [-0.1, -0.05) is 96.1 Å². The summed E-state index contributed by atoms with van der Waals surface area (Å²) in [7, 11) is 1.24. The molecule has 5 rings (SSSR count). The molecule has 2 aliphatic rings. The predicted octanol–water partition coefficient (Wildman–Crippen LogP) is 2.64. The van der Waals surface area contributed by atoms with Gasteiger partial charge in [-0.25, -0.2) is 0 Å². The van der Waals surface area contributed by atoms with Crippen LogP contribution in [0.25, 0.3) is 10.4 Å². The van der Waals surface area contributed by atoms with Crippen LogP contribution in [-0.2, 0) is 48.2 Å². The Bertz CT molecular complexity index is 1390. The van der Waals surface area contributed by atoms with Gasteiger partial charge in [0, 0.05) is 12.0 Å². The fourth-order valence-electron chi connectivity index (χ4n) is 5.89. The second-order valence-corrected chi connectivity index (χ2v) is 11.5. The summed E-state index contributed by atoms with van der Waals surface area (Å²) in [5.41, 5.74) is 12.3. The van der Waals surface area contributed by atoms with Gasteiger partial charge in [-0.3, -0.25) is 0 Å². The quantitative estimate of drug-likeness (QED) is 0.115. The molecule has 3 aromatic rings. The Kier molecular flexibility index (Phi) is 12.7. The molecule has 1 aliphatic carbocycles. The summed E-state index contributed by atoms with van der Waals surface area (Å²) in [6.07, 6.45) is -13.4. The van der Waals surface area contributed by atoms with Crippen LogP contribution >= 0.6 is 0 Å². The van der Waals surface area contributed by atoms with Crippen molar-refractivity contribution in [3.8, 4) is 0 Å². The van der Waals surface area contributed by atoms with Crippen LogP contribution in [0.5, 0.6) is 0 Å². The summed E-state index contributed by atoms with van der Waals surface area (Å²) >= 11 is 0. The zero-order valence-corrected chi connectivity index (χ0v) is 25.9. The first-order chi connectivity index (χ1) is 22.9. The van der Waals surface area contributed by atoms with E-state index in [4.69, 9.17) is 28.4 Å². The average Bonchev–Trinajstić information content (AvgIpc) is 3.10. The standard InChI is InChI=1S/C34H41N3O10/c1-42-32-26(38)28(40)33(29(41)27(32)39)47-34-25(36-37-35)31(45-19-23-15-9-4-10-16-23)30(44-18-22-13-7-3-8-14-22)24(46-34)20-43-17-21-11-5-2-6-12-21/h2-16,24-34,38-41H,17-20H2,1H3/t24-,25-,26-,27+,28-,29-,30+,31-,32?,33?,34-/m1/s1. The number of methoxy groups -OCH3 is 1. The van der Waals surface area contributed by atoms with Crippen molar-refractivity contribution in [3.63, 3.8) is 0 Å². The Hall–Kier alpha value is -3.43. The van der Waals surface area contributed by atoms with E-state index in [9.17, 15) is 26.0 Å². The Balaban J connectivity index is 1.45. The Morgan fingerprint density at radius 3 is 1.62 bits per heavy atom. The van der Waals surface area contributed by atoms with E-state index < -0.39 is 67.3 Å². The van der Waals surface area contributed by atoms with E-state index in [1.165, 1.54) is 7.11 Å². The van der Waals surface area contributed by atoms with Crippen molar-refractivity contribution < 1.29 is 48.8 Å². The summed E-state index contributed by atoms with van der Waals surface area (Å²) < 4.78 is 36.5. The Morgan fingerprint density at radius 2 is 1.13 bits per heavy atom. The number of rotatable bonds is 14. The van der Waals surface area contributed by atoms with Gasteiger partial charge in [-0.05, 0) is 22.2 Å². The molecule has 4 N–H and O–H groups in total. The second kappa shape index (κ2) is 17.1. The van der Waals surface area contributed by atoms with Gasteiger partial charge in [0.05, 0.1) is 26.4 Å². The lowest BCUT2D eigenvalue weighted by Gasteiger charge is -2.48. The number of nitrogens with zero attached hydrogens (tertiary/aromatic N) is 3. The smallest absolute Gasteiger partial charge is 0.169 e. The largest absolute Gasteiger partial charge is 0.387 e. The number of aliphatic hydroxyl groups excluding tert-OH is 4. The summed E-state index contributed by atoms with van der Waals surface area (Å²) in [5, 5.41) is 47.1. The van der Waals surface area contributed by atoms with Crippen LogP contribution in [0.15, 0.2) is 96.1 Å². The third kappa shape index (κ3) is 8.73. The zero-order chi connectivity index (χ0) is 33.2. The SMILES string of the molecule is COC1[C@@H](O)[C@@H](O)C(O[C@H]2O[C@H](COCc3ccccc3)[C@H](OCc3ccccc3)[C@H](OCc3ccccc3)[C@H]2N=[N+]=[N-])[C@H](O)[C@H]1O. The van der Waals surface area contributed by atoms with Crippen molar-refractivity contribution in [3.05, 3.63) is 118 Å². The van der Waals surface area contributed by atoms with Crippen LogP contribution in [0.3, 0.4) is 0 Å². The summed E-state index contributed by atoms with van der Waals surface area (Å²) in [5.74, 6) is 0. The molecule has 2 fully saturated rings. The monoisotopic (exact) mass is 651 g/mol. The number of hydrogen-bond donors (Lipinski definition) is 4. The molecule has 13 heteroatoms. The van der Waals surface area contributed by atoms with E-state index in [-0.39, 0.29) is 26.4 Å². The van der Waals surface area contributed by atoms with Crippen LogP contribution < -0.4 is 0 Å². The first kappa shape index (κ1) is 34.9. The van der Waals surface area contributed by atoms with Crippen molar-refractivity contribution in [1.29, 1.82) is 0 Å². The lowest BCUT2D eigenvalue weighted by Crippen LogP contribution is -2.67. The van der Waals surface area contributed by atoms with Crippen LogP contribution in [0, 0.1) is 0 Å². The molecule has 1 saturated carbocycles. The van der Waals surface area contributed by atoms with E-state index in [1.54, 1.807) is 0 Å². The van der Waals surface area contributed by atoms with Gasteiger partial charge >= 0.3 is 0 Å². The molecular weight excluding hydrogens is 610 g/mol. The van der Waals surface area contributed by atoms with Gasteiger partial charge in [-0.2, -0.15) is 0 Å². The molecule has 0 bridgehead atoms. The molecule has 0 aromatic heterocycles. The number of benzene rings is 3. The van der Waals surface area contributed by atoms with E-state index in [1.807, 2.05) is 91.0 Å². The number of ether oxygens (including phenoxy) is 6. The highest BCUT2D eigenvalue weighted by Crippen LogP contribution is 2.34. The maximum absolute atomic E-state index is 10.9. The van der Waals surface area contributed by atoms with Gasteiger partial charge in [0.1, 0.15) is 61.0 Å². The normalized spacial score (nSPS) is 32.4. The van der Waals surface area contributed by atoms with Crippen LogP contribution in [-0.4, -0.2) is 101 Å². The third-order valence-corrected chi connectivity index (χ3v) is 8.37. The molecule has 11 atom stereocenters. The van der Waals surface area contributed by atoms with E-state index in [0.29, 0.717) is 0 Å². The number of azide groups is 1. The minimum absolute atomic E-state index is 0.00910. The average molecular weight is 652 g/mol. The van der Waals surface area contributed by atoms with Gasteiger partial charge in [0.25, 0.3) is 0 Å². The summed E-state index contributed by atoms with van der Waals surface area (Å²) in [6.45, 7) is 0.583. The third-order valence-electron chi connectivity index (χ3n) is 8.37. The summed E-state index contributed by atoms with van der Waals surface area (Å²) in [6, 6.07) is 27.3. The topological polar surface area (TPSA) is 185 Å². The molecule has 0 spiro atoms. The maximum atomic E-state index is 10.9. The Labute approximate surface area is 272 Å². The number of hydrogen-bond acceptors (Lipinski definition) is 11. The van der Waals surface area contributed by atoms with Crippen molar-refractivity contribution in [1.82, 2.24) is 0 Å². The maximum Gasteiger partial charge on any atom is 0.169 e. The fourth-order valence-corrected chi connectivity index (χ4v) is 5.89. The molecule has 252 valence electrons. The first-order valence-corrected chi connectivity index (χ1v) is 15.4. The lowest BCUT2D eigenvalue weighted by molar-refractivity contribution is -0.327. The molecule has 1 heterocycles. The highest BCUT2D eigenvalue weighted by Gasteiger charge is 2.54. The molecule has 2 unspecified atom stereocenters. The molecule has 0 amide bonds. The first-order valence-electron chi connectivity index (χ1n) is 15.4. The van der Waals surface area contributed by atoms with Gasteiger partial charge in [0.15, 0.2) is 6.29 Å². The van der Waals surface area contributed by atoms with Gasteiger partial charge < -0.3 is 48.8 Å². The minimum atomic E-state index is -1.68. The van der Waals surface area contributed by atoms with Gasteiger partial charge in [-0.15, -0.1) is 0 Å². The highest BCUT2D eigenvalue weighted by atomic mass is 16.7. The molecule has 3 aromatic carbocycles. The molecule has 0 radical (unpaired) electrons. The van der Waals surface area contributed by atoms with E-state index in [0.717, 1.165) is 16.7 Å².